The minimum atomic E-state index is -0.360. The van der Waals surface area contributed by atoms with Gasteiger partial charge in [0.15, 0.2) is 11.5 Å². The van der Waals surface area contributed by atoms with Crippen molar-refractivity contribution >= 4 is 5.78 Å². The van der Waals surface area contributed by atoms with Gasteiger partial charge in [-0.2, -0.15) is 4.68 Å². The summed E-state index contributed by atoms with van der Waals surface area (Å²) in [5.74, 6) is 1.27. The van der Waals surface area contributed by atoms with E-state index in [2.05, 4.69) is 27.5 Å². The van der Waals surface area contributed by atoms with E-state index in [1.165, 1.54) is 11.8 Å². The Balaban J connectivity index is 1.47. The highest BCUT2D eigenvalue weighted by atomic mass is 16.5. The standard InChI is InChI=1S/C25H27N5O4/c1-29-11-10-25-14-17(31)8-9-18(25)19(29)12-15-13-20(23(33-2)22(32)21(15)25)34-24-26-27-28-30(24)16-6-4-3-5-7-16/h3-7,13,18-19,32H,8-12,14H2,1-2H3. The Morgan fingerprint density at radius 3 is 2.85 bits per heavy atom. The number of likely N-dealkylation sites (tertiary alicyclic amines) is 1. The number of hydrogen-bond donors (Lipinski definition) is 1. The number of Topliss-reactive ketones (excluding diaryl/α,β-unsaturated/α-hetero) is 1. The van der Waals surface area contributed by atoms with Gasteiger partial charge in [0.1, 0.15) is 5.78 Å². The Labute approximate surface area is 197 Å². The lowest BCUT2D eigenvalue weighted by Gasteiger charge is -2.58. The molecule has 1 saturated carbocycles. The summed E-state index contributed by atoms with van der Waals surface area (Å²) >= 11 is 0. The fourth-order valence-corrected chi connectivity index (χ4v) is 6.51. The van der Waals surface area contributed by atoms with Gasteiger partial charge in [-0.15, -0.1) is 0 Å². The van der Waals surface area contributed by atoms with Crippen molar-refractivity contribution in [2.45, 2.75) is 43.6 Å². The summed E-state index contributed by atoms with van der Waals surface area (Å²) in [6, 6.07) is 11.9. The van der Waals surface area contributed by atoms with Crippen LogP contribution in [-0.4, -0.2) is 62.7 Å². The number of likely N-dealkylation sites (N-methyl/N-ethyl adjacent to an activating group) is 1. The van der Waals surface area contributed by atoms with Crippen molar-refractivity contribution in [2.24, 2.45) is 5.92 Å². The van der Waals surface area contributed by atoms with Crippen LogP contribution in [-0.2, 0) is 16.6 Å². The molecule has 1 saturated heterocycles. The van der Waals surface area contributed by atoms with Crippen molar-refractivity contribution in [3.63, 3.8) is 0 Å². The molecule has 9 nitrogen and oxygen atoms in total. The zero-order valence-electron chi connectivity index (χ0n) is 19.3. The maximum absolute atomic E-state index is 12.6. The van der Waals surface area contributed by atoms with Crippen LogP contribution in [0.25, 0.3) is 5.69 Å². The third-order valence-corrected chi connectivity index (χ3v) is 7.97. The molecule has 6 rings (SSSR count). The molecule has 1 aliphatic heterocycles. The van der Waals surface area contributed by atoms with Crippen LogP contribution in [0.3, 0.4) is 0 Å². The highest BCUT2D eigenvalue weighted by Gasteiger charge is 2.56. The molecule has 0 amide bonds. The minimum Gasteiger partial charge on any atom is -0.504 e. The molecule has 3 atom stereocenters. The van der Waals surface area contributed by atoms with Crippen molar-refractivity contribution in [3.05, 3.63) is 47.5 Å². The fourth-order valence-electron chi connectivity index (χ4n) is 6.51. The number of hydrogen-bond acceptors (Lipinski definition) is 8. The van der Waals surface area contributed by atoms with Crippen LogP contribution in [0.1, 0.15) is 36.8 Å². The summed E-state index contributed by atoms with van der Waals surface area (Å²) in [5, 5.41) is 23.4. The number of aromatic hydroxyl groups is 1. The van der Waals surface area contributed by atoms with E-state index in [4.69, 9.17) is 9.47 Å². The van der Waals surface area contributed by atoms with Crippen LogP contribution in [0, 0.1) is 5.92 Å². The number of carbonyl (C=O) groups is 1. The Morgan fingerprint density at radius 1 is 1.24 bits per heavy atom. The number of phenols is 1. The number of methoxy groups -OCH3 is 1. The van der Waals surface area contributed by atoms with Crippen molar-refractivity contribution in [1.82, 2.24) is 25.1 Å². The molecule has 176 valence electrons. The number of phenolic OH excluding ortho intramolecular Hbond substituents is 1. The third-order valence-electron chi connectivity index (χ3n) is 7.97. The second-order valence-electron chi connectivity index (χ2n) is 9.62. The van der Waals surface area contributed by atoms with E-state index in [9.17, 15) is 9.90 Å². The number of rotatable bonds is 4. The van der Waals surface area contributed by atoms with Gasteiger partial charge in [-0.25, -0.2) is 0 Å². The summed E-state index contributed by atoms with van der Waals surface area (Å²) in [6.07, 6.45) is 3.57. The molecule has 3 unspecified atom stereocenters. The SMILES string of the molecule is COc1c(Oc2nnnn2-c2ccccc2)cc2c(c1O)C13CCN(C)C(C2)C1CCC(=O)C3. The summed E-state index contributed by atoms with van der Waals surface area (Å²) in [6.45, 7) is 0.903. The lowest BCUT2D eigenvalue weighted by molar-refractivity contribution is -0.126. The average Bonchev–Trinajstić information content (AvgIpc) is 3.30. The quantitative estimate of drug-likeness (QED) is 0.633. The maximum atomic E-state index is 12.6. The van der Waals surface area contributed by atoms with Crippen molar-refractivity contribution < 1.29 is 19.4 Å². The molecule has 34 heavy (non-hydrogen) atoms. The molecule has 2 heterocycles. The monoisotopic (exact) mass is 461 g/mol. The smallest absolute Gasteiger partial charge is 0.346 e. The predicted octanol–water partition coefficient (Wildman–Crippen LogP) is 3.04. The number of tetrazole rings is 1. The zero-order chi connectivity index (χ0) is 23.4. The molecular weight excluding hydrogens is 434 g/mol. The molecule has 3 aliphatic rings. The van der Waals surface area contributed by atoms with Crippen LogP contribution in [0.15, 0.2) is 36.4 Å². The summed E-state index contributed by atoms with van der Waals surface area (Å²) in [7, 11) is 3.67. The second-order valence-corrected chi connectivity index (χ2v) is 9.62. The number of piperidine rings is 1. The first-order valence-corrected chi connectivity index (χ1v) is 11.7. The second kappa shape index (κ2) is 7.80. The predicted molar refractivity (Wildman–Crippen MR) is 123 cm³/mol. The van der Waals surface area contributed by atoms with Gasteiger partial charge in [-0.3, -0.25) is 4.79 Å². The molecule has 1 N–H and O–H groups in total. The molecule has 3 aromatic rings. The summed E-state index contributed by atoms with van der Waals surface area (Å²) < 4.78 is 13.3. The van der Waals surface area contributed by atoms with Gasteiger partial charge in [-0.1, -0.05) is 23.3 Å². The Kier molecular flexibility index (Phi) is 4.84. The molecule has 1 aromatic heterocycles. The van der Waals surface area contributed by atoms with Gasteiger partial charge in [0.25, 0.3) is 0 Å². The minimum absolute atomic E-state index is 0.0661. The van der Waals surface area contributed by atoms with Crippen molar-refractivity contribution in [3.8, 4) is 28.9 Å². The van der Waals surface area contributed by atoms with E-state index < -0.39 is 0 Å². The molecule has 2 bridgehead atoms. The topological polar surface area (TPSA) is 103 Å². The van der Waals surface area contributed by atoms with E-state index in [-0.39, 0.29) is 28.7 Å². The van der Waals surface area contributed by atoms with E-state index in [1.807, 2.05) is 36.4 Å². The number of ether oxygens (including phenoxy) is 2. The van der Waals surface area contributed by atoms with E-state index in [0.717, 1.165) is 42.6 Å². The number of nitrogens with zero attached hydrogens (tertiary/aromatic N) is 5. The number of benzene rings is 2. The Morgan fingerprint density at radius 2 is 2.06 bits per heavy atom. The van der Waals surface area contributed by atoms with Gasteiger partial charge < -0.3 is 19.5 Å². The van der Waals surface area contributed by atoms with Crippen LogP contribution < -0.4 is 9.47 Å². The first-order chi connectivity index (χ1) is 16.5. The fraction of sp³-hybridized carbons (Fsp3) is 0.440. The molecule has 9 heteroatoms. The number of para-hydroxylation sites is 1. The highest BCUT2D eigenvalue weighted by Crippen LogP contribution is 2.60. The van der Waals surface area contributed by atoms with Crippen LogP contribution in [0.4, 0.5) is 0 Å². The lowest BCUT2D eigenvalue weighted by atomic mass is 9.52. The number of ketones is 1. The van der Waals surface area contributed by atoms with E-state index in [0.29, 0.717) is 30.6 Å². The van der Waals surface area contributed by atoms with Crippen LogP contribution in [0.2, 0.25) is 0 Å². The third kappa shape index (κ3) is 3.03. The normalized spacial score (nSPS) is 26.0. The molecule has 0 radical (unpaired) electrons. The number of fused-ring (bicyclic) bond motifs is 1. The highest BCUT2D eigenvalue weighted by molar-refractivity contribution is 5.82. The van der Waals surface area contributed by atoms with Crippen molar-refractivity contribution in [1.29, 1.82) is 0 Å². The van der Waals surface area contributed by atoms with Gasteiger partial charge in [0, 0.05) is 29.9 Å². The maximum Gasteiger partial charge on any atom is 0.346 e. The first-order valence-electron chi connectivity index (χ1n) is 11.7. The van der Waals surface area contributed by atoms with Gasteiger partial charge in [-0.05, 0) is 73.0 Å². The molecule has 2 fully saturated rings. The molecule has 0 spiro atoms. The molecule has 2 aromatic carbocycles. The lowest BCUT2D eigenvalue weighted by Crippen LogP contribution is -2.60. The van der Waals surface area contributed by atoms with Gasteiger partial charge >= 0.3 is 6.01 Å². The first kappa shape index (κ1) is 21.1. The summed E-state index contributed by atoms with van der Waals surface area (Å²) in [4.78, 5) is 15.0. The van der Waals surface area contributed by atoms with Gasteiger partial charge in [0.2, 0.25) is 5.75 Å². The number of carbonyl (C=O) groups excluding carboxylic acids is 1. The largest absolute Gasteiger partial charge is 0.504 e. The van der Waals surface area contributed by atoms with Crippen LogP contribution in [0.5, 0.6) is 23.3 Å². The van der Waals surface area contributed by atoms with E-state index in [1.54, 1.807) is 0 Å². The Bertz CT molecular complexity index is 1260. The molecule has 2 aliphatic carbocycles. The van der Waals surface area contributed by atoms with Crippen LogP contribution >= 0.6 is 0 Å². The van der Waals surface area contributed by atoms with Crippen molar-refractivity contribution in [2.75, 3.05) is 20.7 Å². The summed E-state index contributed by atoms with van der Waals surface area (Å²) in [5.41, 5.74) is 2.25. The zero-order valence-corrected chi connectivity index (χ0v) is 19.3. The van der Waals surface area contributed by atoms with Gasteiger partial charge in [0.05, 0.1) is 12.8 Å². The molecular formula is C25H27N5O4. The van der Waals surface area contributed by atoms with E-state index >= 15 is 0 Å². The average molecular weight is 462 g/mol. The number of aromatic nitrogens is 4. The Hall–Kier alpha value is -3.46.